The molecule has 0 saturated carbocycles. The number of imide groups is 1. The number of hydrogen-bond acceptors (Lipinski definition) is 7. The van der Waals surface area contributed by atoms with Gasteiger partial charge in [0.2, 0.25) is 0 Å². The molecule has 178 valence electrons. The molecule has 3 N–H and O–H groups in total. The zero-order chi connectivity index (χ0) is 23.9. The molecule has 0 atom stereocenters. The summed E-state index contributed by atoms with van der Waals surface area (Å²) in [6.07, 6.45) is 2.57. The Hall–Kier alpha value is -3.85. The van der Waals surface area contributed by atoms with Gasteiger partial charge in [0.25, 0.3) is 11.8 Å². The maximum atomic E-state index is 12.3. The standard InChI is InChI=1S/C25H28N4O5/c30-15-14-29-23(31)16-22(24(29)32)27-20-8-6-19(7-9-20)26-21-10-12-28(13-11-21)25(33)34-17-18-4-2-1-3-5-18/h1-9,16,21,26-27,30H,10-15,17H2. The van der Waals surface area contributed by atoms with Crippen LogP contribution in [-0.4, -0.2) is 65.1 Å². The number of aliphatic hydroxyl groups is 1. The number of carbonyl (C=O) groups excluding carboxylic acids is 3. The SMILES string of the molecule is O=C(OCc1ccccc1)N1CCC(Nc2ccc(NC3=CC(=O)N(CCO)C3=O)cc2)CC1. The molecule has 1 fully saturated rings. The molecule has 4 rings (SSSR count). The summed E-state index contributed by atoms with van der Waals surface area (Å²) in [7, 11) is 0. The fraction of sp³-hybridized carbons (Fsp3) is 0.320. The second-order valence-corrected chi connectivity index (χ2v) is 8.22. The van der Waals surface area contributed by atoms with Gasteiger partial charge in [0.05, 0.1) is 13.2 Å². The number of carbonyl (C=O) groups is 3. The van der Waals surface area contributed by atoms with Crippen LogP contribution in [0.4, 0.5) is 16.2 Å². The van der Waals surface area contributed by atoms with E-state index in [0.717, 1.165) is 29.0 Å². The van der Waals surface area contributed by atoms with Crippen LogP contribution in [0.3, 0.4) is 0 Å². The fourth-order valence-corrected chi connectivity index (χ4v) is 3.97. The molecular formula is C25H28N4O5. The summed E-state index contributed by atoms with van der Waals surface area (Å²) in [5.74, 6) is -0.884. The van der Waals surface area contributed by atoms with Crippen molar-refractivity contribution in [2.45, 2.75) is 25.5 Å². The van der Waals surface area contributed by atoms with E-state index in [1.54, 1.807) is 4.90 Å². The maximum Gasteiger partial charge on any atom is 0.410 e. The Morgan fingerprint density at radius 1 is 1.00 bits per heavy atom. The van der Waals surface area contributed by atoms with Gasteiger partial charge in [-0.3, -0.25) is 14.5 Å². The van der Waals surface area contributed by atoms with Crippen LogP contribution >= 0.6 is 0 Å². The Kier molecular flexibility index (Phi) is 7.44. The third kappa shape index (κ3) is 5.74. The van der Waals surface area contributed by atoms with Crippen LogP contribution in [-0.2, 0) is 20.9 Å². The summed E-state index contributed by atoms with van der Waals surface area (Å²) < 4.78 is 5.42. The van der Waals surface area contributed by atoms with Crippen LogP contribution in [0.25, 0.3) is 0 Å². The van der Waals surface area contributed by atoms with E-state index in [4.69, 9.17) is 9.84 Å². The average Bonchev–Trinajstić information content (AvgIpc) is 3.12. The molecule has 2 aliphatic rings. The minimum absolute atomic E-state index is 0.0221. The second kappa shape index (κ2) is 10.8. The smallest absolute Gasteiger partial charge is 0.410 e. The van der Waals surface area contributed by atoms with Crippen LogP contribution in [0.5, 0.6) is 0 Å². The third-order valence-corrected chi connectivity index (χ3v) is 5.83. The molecule has 9 heteroatoms. The normalized spacial score (nSPS) is 16.4. The van der Waals surface area contributed by atoms with Gasteiger partial charge in [0, 0.05) is 36.6 Å². The molecule has 0 aliphatic carbocycles. The zero-order valence-electron chi connectivity index (χ0n) is 18.8. The van der Waals surface area contributed by atoms with Crippen molar-refractivity contribution < 1.29 is 24.2 Å². The fourth-order valence-electron chi connectivity index (χ4n) is 3.97. The number of hydrogen-bond donors (Lipinski definition) is 3. The van der Waals surface area contributed by atoms with Crippen molar-refractivity contribution >= 4 is 29.3 Å². The molecule has 9 nitrogen and oxygen atoms in total. The highest BCUT2D eigenvalue weighted by Gasteiger charge is 2.30. The molecule has 2 heterocycles. The van der Waals surface area contributed by atoms with Gasteiger partial charge in [0.1, 0.15) is 12.3 Å². The van der Waals surface area contributed by atoms with Gasteiger partial charge >= 0.3 is 6.09 Å². The number of β-amino-alcohol motifs (C(OH)–C–C–N with tert-alkyl or cyclic N) is 1. The van der Waals surface area contributed by atoms with Crippen molar-refractivity contribution in [3.05, 3.63) is 71.9 Å². The number of nitrogens with zero attached hydrogens (tertiary/aromatic N) is 2. The molecule has 2 aromatic carbocycles. The summed E-state index contributed by atoms with van der Waals surface area (Å²) in [4.78, 5) is 39.2. The first kappa shape index (κ1) is 23.3. The number of benzene rings is 2. The first-order valence-corrected chi connectivity index (χ1v) is 11.3. The highest BCUT2D eigenvalue weighted by molar-refractivity contribution is 6.17. The van der Waals surface area contributed by atoms with Crippen LogP contribution < -0.4 is 10.6 Å². The van der Waals surface area contributed by atoms with E-state index in [2.05, 4.69) is 10.6 Å². The van der Waals surface area contributed by atoms with E-state index in [9.17, 15) is 14.4 Å². The van der Waals surface area contributed by atoms with Crippen molar-refractivity contribution in [3.8, 4) is 0 Å². The number of ether oxygens (including phenoxy) is 1. The van der Waals surface area contributed by atoms with Gasteiger partial charge in [-0.2, -0.15) is 0 Å². The van der Waals surface area contributed by atoms with Crippen molar-refractivity contribution in [1.29, 1.82) is 0 Å². The Morgan fingerprint density at radius 3 is 2.35 bits per heavy atom. The number of rotatable bonds is 8. The van der Waals surface area contributed by atoms with E-state index in [1.165, 1.54) is 6.08 Å². The predicted octanol–water partition coefficient (Wildman–Crippen LogP) is 2.56. The Morgan fingerprint density at radius 2 is 1.68 bits per heavy atom. The monoisotopic (exact) mass is 464 g/mol. The van der Waals surface area contributed by atoms with Crippen LogP contribution in [0, 0.1) is 0 Å². The zero-order valence-corrected chi connectivity index (χ0v) is 18.8. The van der Waals surface area contributed by atoms with Gasteiger partial charge < -0.3 is 25.4 Å². The lowest BCUT2D eigenvalue weighted by molar-refractivity contribution is -0.137. The number of aliphatic hydroxyl groups excluding tert-OH is 1. The first-order valence-electron chi connectivity index (χ1n) is 11.3. The topological polar surface area (TPSA) is 111 Å². The Labute approximate surface area is 198 Å². The third-order valence-electron chi connectivity index (χ3n) is 5.83. The molecule has 34 heavy (non-hydrogen) atoms. The van der Waals surface area contributed by atoms with Gasteiger partial charge in [-0.25, -0.2) is 4.79 Å². The number of nitrogens with one attached hydrogen (secondary N) is 2. The minimum atomic E-state index is -0.449. The van der Waals surface area contributed by atoms with Crippen molar-refractivity contribution in [2.24, 2.45) is 0 Å². The number of amides is 3. The quantitative estimate of drug-likeness (QED) is 0.515. The lowest BCUT2D eigenvalue weighted by atomic mass is 10.0. The van der Waals surface area contributed by atoms with Crippen LogP contribution in [0.1, 0.15) is 18.4 Å². The largest absolute Gasteiger partial charge is 0.445 e. The molecule has 0 radical (unpaired) electrons. The Bertz CT molecular complexity index is 1050. The summed E-state index contributed by atoms with van der Waals surface area (Å²) in [5, 5.41) is 15.4. The minimum Gasteiger partial charge on any atom is -0.445 e. The molecule has 0 aromatic heterocycles. The van der Waals surface area contributed by atoms with E-state index in [0.29, 0.717) is 18.8 Å². The van der Waals surface area contributed by atoms with Gasteiger partial charge in [-0.15, -0.1) is 0 Å². The highest BCUT2D eigenvalue weighted by atomic mass is 16.6. The maximum absolute atomic E-state index is 12.3. The highest BCUT2D eigenvalue weighted by Crippen LogP contribution is 2.22. The number of likely N-dealkylation sites (tertiary alicyclic amines) is 1. The second-order valence-electron chi connectivity index (χ2n) is 8.22. The van der Waals surface area contributed by atoms with Crippen LogP contribution in [0.2, 0.25) is 0 Å². The molecule has 1 saturated heterocycles. The van der Waals surface area contributed by atoms with E-state index in [-0.39, 0.29) is 37.6 Å². The van der Waals surface area contributed by atoms with Crippen LogP contribution in [0.15, 0.2) is 66.4 Å². The average molecular weight is 465 g/mol. The lowest BCUT2D eigenvalue weighted by Gasteiger charge is -2.32. The molecule has 0 spiro atoms. The lowest BCUT2D eigenvalue weighted by Crippen LogP contribution is -2.42. The van der Waals surface area contributed by atoms with Crippen molar-refractivity contribution in [2.75, 3.05) is 36.9 Å². The number of anilines is 2. The predicted molar refractivity (Wildman–Crippen MR) is 127 cm³/mol. The van der Waals surface area contributed by atoms with Gasteiger partial charge in [-0.05, 0) is 42.7 Å². The van der Waals surface area contributed by atoms with Crippen molar-refractivity contribution in [3.63, 3.8) is 0 Å². The molecule has 2 aromatic rings. The van der Waals surface area contributed by atoms with Crippen molar-refractivity contribution in [1.82, 2.24) is 9.80 Å². The van der Waals surface area contributed by atoms with Gasteiger partial charge in [0.15, 0.2) is 0 Å². The van der Waals surface area contributed by atoms with E-state index >= 15 is 0 Å². The van der Waals surface area contributed by atoms with E-state index in [1.807, 2.05) is 54.6 Å². The first-order chi connectivity index (χ1) is 16.5. The molecule has 0 unspecified atom stereocenters. The van der Waals surface area contributed by atoms with E-state index < -0.39 is 11.8 Å². The molecule has 3 amide bonds. The Balaban J connectivity index is 1.22. The molecule has 2 aliphatic heterocycles. The van der Waals surface area contributed by atoms with Gasteiger partial charge in [-0.1, -0.05) is 30.3 Å². The molecule has 0 bridgehead atoms. The summed E-state index contributed by atoms with van der Waals surface area (Å²) in [6.45, 7) is 1.23. The summed E-state index contributed by atoms with van der Waals surface area (Å²) >= 11 is 0. The number of piperidine rings is 1. The summed E-state index contributed by atoms with van der Waals surface area (Å²) in [5.41, 5.74) is 2.76. The molecular weight excluding hydrogens is 436 g/mol. The summed E-state index contributed by atoms with van der Waals surface area (Å²) in [6, 6.07) is 17.3.